The molecule has 0 radical (unpaired) electrons. The van der Waals surface area contributed by atoms with Crippen molar-refractivity contribution in [1.82, 2.24) is 0 Å². The zero-order valence-electron chi connectivity index (χ0n) is 13.3. The molecule has 0 aliphatic carbocycles. The fraction of sp³-hybridized carbons (Fsp3) is 0.200. The molecule has 5 nitrogen and oxygen atoms in total. The first-order valence-corrected chi connectivity index (χ1v) is 8.29. The fourth-order valence-electron chi connectivity index (χ4n) is 2.02. The molecule has 0 bridgehead atoms. The van der Waals surface area contributed by atoms with E-state index in [0.717, 1.165) is 12.1 Å². The average molecular weight is 397 g/mol. The summed E-state index contributed by atoms with van der Waals surface area (Å²) < 4.78 is 102. The van der Waals surface area contributed by atoms with Crippen molar-refractivity contribution >= 4 is 15.7 Å². The van der Waals surface area contributed by atoms with E-state index in [1.54, 1.807) is 4.72 Å². The summed E-state index contributed by atoms with van der Waals surface area (Å²) in [5.41, 5.74) is -2.34. The number of sulfonamides is 1. The van der Waals surface area contributed by atoms with Gasteiger partial charge in [0.05, 0.1) is 30.4 Å². The summed E-state index contributed by atoms with van der Waals surface area (Å²) in [7, 11) is -2.17. The van der Waals surface area contributed by atoms with Crippen LogP contribution in [0.1, 0.15) is 5.56 Å². The first-order chi connectivity index (χ1) is 12.0. The number of nitrogens with one attached hydrogen (secondary N) is 1. The van der Waals surface area contributed by atoms with Crippen molar-refractivity contribution in [3.8, 4) is 11.5 Å². The van der Waals surface area contributed by atoms with Crippen molar-refractivity contribution in [2.24, 2.45) is 0 Å². The molecule has 26 heavy (non-hydrogen) atoms. The van der Waals surface area contributed by atoms with Gasteiger partial charge in [-0.15, -0.1) is 0 Å². The van der Waals surface area contributed by atoms with Crippen LogP contribution in [0.2, 0.25) is 0 Å². The Morgan fingerprint density at radius 2 is 1.50 bits per heavy atom. The molecular weight excluding hydrogens is 385 g/mol. The van der Waals surface area contributed by atoms with Crippen molar-refractivity contribution in [1.29, 1.82) is 0 Å². The van der Waals surface area contributed by atoms with Crippen LogP contribution in [0, 0.1) is 11.6 Å². The van der Waals surface area contributed by atoms with Crippen LogP contribution < -0.4 is 14.2 Å². The van der Waals surface area contributed by atoms with Gasteiger partial charge in [0.1, 0.15) is 5.82 Å². The summed E-state index contributed by atoms with van der Waals surface area (Å²) in [6.07, 6.45) is -5.09. The van der Waals surface area contributed by atoms with Gasteiger partial charge in [-0.3, -0.25) is 4.72 Å². The molecule has 1 N–H and O–H groups in total. The summed E-state index contributed by atoms with van der Waals surface area (Å²) in [5.74, 6) is -2.71. The lowest BCUT2D eigenvalue weighted by Gasteiger charge is -2.14. The van der Waals surface area contributed by atoms with Crippen molar-refractivity contribution in [3.63, 3.8) is 0 Å². The molecule has 11 heteroatoms. The second-order valence-corrected chi connectivity index (χ2v) is 6.61. The van der Waals surface area contributed by atoms with E-state index in [4.69, 9.17) is 9.47 Å². The highest BCUT2D eigenvalue weighted by molar-refractivity contribution is 7.92. The molecule has 0 unspecified atom stereocenters. The molecule has 0 spiro atoms. The maximum Gasteiger partial charge on any atom is 0.419 e. The maximum atomic E-state index is 14.0. The molecule has 0 fully saturated rings. The minimum atomic E-state index is -5.09. The highest BCUT2D eigenvalue weighted by Gasteiger charge is 2.35. The van der Waals surface area contributed by atoms with Gasteiger partial charge in [0.25, 0.3) is 10.0 Å². The molecule has 2 rings (SSSR count). The first-order valence-electron chi connectivity index (χ1n) is 6.80. The van der Waals surface area contributed by atoms with E-state index in [-0.39, 0.29) is 17.6 Å². The molecule has 0 saturated heterocycles. The number of anilines is 1. The molecule has 0 saturated carbocycles. The second-order valence-electron chi connectivity index (χ2n) is 4.93. The zero-order chi connectivity index (χ0) is 19.7. The Labute approximate surface area is 145 Å². The summed E-state index contributed by atoms with van der Waals surface area (Å²) in [4.78, 5) is -0.889. The van der Waals surface area contributed by atoms with Gasteiger partial charge in [-0.25, -0.2) is 17.2 Å². The van der Waals surface area contributed by atoms with Gasteiger partial charge < -0.3 is 9.47 Å². The standard InChI is InChI=1S/C15H12F5NO4S/c1-24-13-6-11(17)12(7-14(13)25-2)21-26(22,23)8-3-4-10(16)9(5-8)15(18,19)20/h3-7,21H,1-2H3. The van der Waals surface area contributed by atoms with E-state index in [2.05, 4.69) is 0 Å². The van der Waals surface area contributed by atoms with Crippen molar-refractivity contribution in [3.05, 3.63) is 47.5 Å². The lowest BCUT2D eigenvalue weighted by Crippen LogP contribution is -2.16. The molecule has 0 amide bonds. The third kappa shape index (κ3) is 3.98. The predicted octanol–water partition coefficient (Wildman–Crippen LogP) is 3.80. The van der Waals surface area contributed by atoms with Crippen LogP contribution in [0.3, 0.4) is 0 Å². The predicted molar refractivity (Wildman–Crippen MR) is 81.7 cm³/mol. The molecule has 142 valence electrons. The molecular formula is C15H12F5NO4S. The minimum absolute atomic E-state index is 0.0123. The Morgan fingerprint density at radius 1 is 0.923 bits per heavy atom. The lowest BCUT2D eigenvalue weighted by molar-refractivity contribution is -0.140. The Morgan fingerprint density at radius 3 is 2.04 bits per heavy atom. The second kappa shape index (κ2) is 6.98. The number of methoxy groups -OCH3 is 2. The third-order valence-electron chi connectivity index (χ3n) is 3.27. The lowest BCUT2D eigenvalue weighted by atomic mass is 10.2. The average Bonchev–Trinajstić information content (AvgIpc) is 2.55. The number of halogens is 5. The Balaban J connectivity index is 2.47. The number of benzene rings is 2. The van der Waals surface area contributed by atoms with Crippen LogP contribution in [-0.4, -0.2) is 22.6 Å². The number of hydrogen-bond donors (Lipinski definition) is 1. The van der Waals surface area contributed by atoms with E-state index in [0.29, 0.717) is 12.1 Å². The quantitative estimate of drug-likeness (QED) is 0.780. The van der Waals surface area contributed by atoms with Gasteiger partial charge in [0, 0.05) is 12.1 Å². The third-order valence-corrected chi connectivity index (χ3v) is 4.63. The molecule has 0 aliphatic rings. The highest BCUT2D eigenvalue weighted by Crippen LogP contribution is 2.35. The van der Waals surface area contributed by atoms with E-state index in [9.17, 15) is 30.4 Å². The highest BCUT2D eigenvalue weighted by atomic mass is 32.2. The first kappa shape index (κ1) is 19.8. The van der Waals surface area contributed by atoms with Gasteiger partial charge in [-0.2, -0.15) is 13.2 Å². The number of ether oxygens (including phenoxy) is 2. The van der Waals surface area contributed by atoms with Gasteiger partial charge in [0.15, 0.2) is 17.3 Å². The SMILES string of the molecule is COc1cc(F)c(NS(=O)(=O)c2ccc(F)c(C(F)(F)F)c2)cc1OC. The Kier molecular flexibility index (Phi) is 5.31. The molecule has 0 atom stereocenters. The van der Waals surface area contributed by atoms with Crippen molar-refractivity contribution in [2.75, 3.05) is 18.9 Å². The summed E-state index contributed by atoms with van der Waals surface area (Å²) in [5, 5.41) is 0. The fourth-order valence-corrected chi connectivity index (χ4v) is 3.11. The summed E-state index contributed by atoms with van der Waals surface area (Å²) >= 11 is 0. The van der Waals surface area contributed by atoms with E-state index in [1.165, 1.54) is 14.2 Å². The van der Waals surface area contributed by atoms with Crippen LogP contribution in [-0.2, 0) is 16.2 Å². The normalized spacial score (nSPS) is 12.0. The van der Waals surface area contributed by atoms with Crippen molar-refractivity contribution in [2.45, 2.75) is 11.1 Å². The van der Waals surface area contributed by atoms with E-state index >= 15 is 0 Å². The monoisotopic (exact) mass is 397 g/mol. The van der Waals surface area contributed by atoms with Crippen LogP contribution >= 0.6 is 0 Å². The number of hydrogen-bond acceptors (Lipinski definition) is 4. The van der Waals surface area contributed by atoms with Crippen LogP contribution in [0.5, 0.6) is 11.5 Å². The topological polar surface area (TPSA) is 64.6 Å². The Hall–Kier alpha value is -2.56. The maximum absolute atomic E-state index is 14.0. The molecule has 2 aromatic carbocycles. The molecule has 0 aliphatic heterocycles. The van der Waals surface area contributed by atoms with Gasteiger partial charge >= 0.3 is 6.18 Å². The zero-order valence-corrected chi connectivity index (χ0v) is 14.1. The molecule has 2 aromatic rings. The number of alkyl halides is 3. The van der Waals surface area contributed by atoms with Crippen LogP contribution in [0.15, 0.2) is 35.2 Å². The van der Waals surface area contributed by atoms with Gasteiger partial charge in [0.2, 0.25) is 0 Å². The smallest absolute Gasteiger partial charge is 0.419 e. The van der Waals surface area contributed by atoms with Crippen LogP contribution in [0.25, 0.3) is 0 Å². The molecule has 0 aromatic heterocycles. The van der Waals surface area contributed by atoms with Crippen LogP contribution in [0.4, 0.5) is 27.6 Å². The summed E-state index contributed by atoms with van der Waals surface area (Å²) in [6, 6.07) is 2.91. The van der Waals surface area contributed by atoms with E-state index < -0.39 is 44.0 Å². The largest absolute Gasteiger partial charge is 0.493 e. The molecule has 0 heterocycles. The summed E-state index contributed by atoms with van der Waals surface area (Å²) in [6.45, 7) is 0. The van der Waals surface area contributed by atoms with Gasteiger partial charge in [-0.05, 0) is 18.2 Å². The van der Waals surface area contributed by atoms with E-state index in [1.807, 2.05) is 0 Å². The van der Waals surface area contributed by atoms with Gasteiger partial charge in [-0.1, -0.05) is 0 Å². The minimum Gasteiger partial charge on any atom is -0.493 e. The Bertz CT molecular complexity index is 928. The van der Waals surface area contributed by atoms with Crippen molar-refractivity contribution < 1.29 is 39.8 Å². The number of rotatable bonds is 5.